The van der Waals surface area contributed by atoms with Crippen LogP contribution in [-0.2, 0) is 4.79 Å². The molecule has 2 aromatic carbocycles. The first-order chi connectivity index (χ1) is 11.0. The molecule has 0 atom stereocenters. The Morgan fingerprint density at radius 2 is 1.74 bits per heavy atom. The summed E-state index contributed by atoms with van der Waals surface area (Å²) < 4.78 is 14.3. The molecule has 1 aliphatic heterocycles. The highest BCUT2D eigenvalue weighted by atomic mass is 32.2. The first kappa shape index (κ1) is 15.9. The molecule has 1 heterocycles. The summed E-state index contributed by atoms with van der Waals surface area (Å²) in [6, 6.07) is 12.2. The van der Waals surface area contributed by atoms with Crippen LogP contribution in [0.15, 0.2) is 47.4 Å². The number of aryl methyl sites for hydroxylation is 2. The van der Waals surface area contributed by atoms with Crippen LogP contribution in [0.5, 0.6) is 0 Å². The standard InChI is InChI=1S/C18H14FNOS2/c1-11-6-5-7-12(2)16(11)20-17(21)15(23-18(20)22)10-13-8-3-4-9-14(13)19/h3-10H,1-2H3/b15-10-. The lowest BCUT2D eigenvalue weighted by Gasteiger charge is -2.19. The molecule has 0 unspecified atom stereocenters. The number of anilines is 1. The van der Waals surface area contributed by atoms with E-state index in [-0.39, 0.29) is 11.7 Å². The summed E-state index contributed by atoms with van der Waals surface area (Å²) in [5.41, 5.74) is 3.16. The van der Waals surface area contributed by atoms with E-state index in [1.165, 1.54) is 22.7 Å². The lowest BCUT2D eigenvalue weighted by atomic mass is 10.1. The number of thiocarbonyl (C=S) groups is 1. The third-order valence-electron chi connectivity index (χ3n) is 3.65. The van der Waals surface area contributed by atoms with Crippen molar-refractivity contribution in [2.75, 3.05) is 4.90 Å². The summed E-state index contributed by atoms with van der Waals surface area (Å²) in [5.74, 6) is -0.564. The SMILES string of the molecule is Cc1cccc(C)c1N1C(=O)/C(=C/c2ccccc2F)SC1=S. The minimum absolute atomic E-state index is 0.208. The number of carbonyl (C=O) groups excluding carboxylic acids is 1. The Bertz CT molecular complexity index is 824. The third kappa shape index (κ3) is 2.94. The molecule has 0 aromatic heterocycles. The predicted molar refractivity (Wildman–Crippen MR) is 98.0 cm³/mol. The molecule has 3 rings (SSSR count). The fourth-order valence-corrected chi connectivity index (χ4v) is 3.81. The maximum Gasteiger partial charge on any atom is 0.270 e. The molecule has 0 spiro atoms. The second kappa shape index (κ2) is 6.26. The Hall–Kier alpha value is -1.98. The van der Waals surface area contributed by atoms with Crippen LogP contribution in [-0.4, -0.2) is 10.2 Å². The van der Waals surface area contributed by atoms with E-state index in [2.05, 4.69) is 0 Å². The van der Waals surface area contributed by atoms with Gasteiger partial charge in [-0.15, -0.1) is 0 Å². The van der Waals surface area contributed by atoms with Gasteiger partial charge < -0.3 is 0 Å². The van der Waals surface area contributed by atoms with Gasteiger partial charge in [0.2, 0.25) is 0 Å². The van der Waals surface area contributed by atoms with Crippen LogP contribution in [0, 0.1) is 19.7 Å². The zero-order chi connectivity index (χ0) is 16.6. The summed E-state index contributed by atoms with van der Waals surface area (Å²) in [4.78, 5) is 14.7. The highest BCUT2D eigenvalue weighted by molar-refractivity contribution is 8.27. The van der Waals surface area contributed by atoms with E-state index in [0.717, 1.165) is 16.8 Å². The van der Waals surface area contributed by atoms with Crippen molar-refractivity contribution in [3.8, 4) is 0 Å². The first-order valence-corrected chi connectivity index (χ1v) is 8.30. The van der Waals surface area contributed by atoms with Gasteiger partial charge in [-0.1, -0.05) is 60.4 Å². The Labute approximate surface area is 144 Å². The van der Waals surface area contributed by atoms with Crippen molar-refractivity contribution in [2.45, 2.75) is 13.8 Å². The molecule has 23 heavy (non-hydrogen) atoms. The average Bonchev–Trinajstić information content (AvgIpc) is 2.77. The molecular weight excluding hydrogens is 329 g/mol. The topological polar surface area (TPSA) is 20.3 Å². The minimum Gasteiger partial charge on any atom is -0.268 e. The number of nitrogens with zero attached hydrogens (tertiary/aromatic N) is 1. The first-order valence-electron chi connectivity index (χ1n) is 7.08. The highest BCUT2D eigenvalue weighted by Crippen LogP contribution is 2.38. The van der Waals surface area contributed by atoms with Crippen LogP contribution < -0.4 is 4.90 Å². The van der Waals surface area contributed by atoms with Crippen LogP contribution in [0.25, 0.3) is 6.08 Å². The molecule has 1 aliphatic rings. The van der Waals surface area contributed by atoms with Gasteiger partial charge >= 0.3 is 0 Å². The van der Waals surface area contributed by atoms with Gasteiger partial charge in [0.25, 0.3) is 5.91 Å². The Balaban J connectivity index is 2.03. The lowest BCUT2D eigenvalue weighted by molar-refractivity contribution is -0.113. The summed E-state index contributed by atoms with van der Waals surface area (Å²) in [6.45, 7) is 3.89. The van der Waals surface area contributed by atoms with Crippen LogP contribution >= 0.6 is 24.0 Å². The van der Waals surface area contributed by atoms with E-state index in [4.69, 9.17) is 12.2 Å². The Kier molecular flexibility index (Phi) is 4.33. The van der Waals surface area contributed by atoms with Crippen LogP contribution in [0.1, 0.15) is 16.7 Å². The number of halogens is 1. The molecule has 2 aromatic rings. The van der Waals surface area contributed by atoms with Gasteiger partial charge in [0.05, 0.1) is 10.6 Å². The Morgan fingerprint density at radius 1 is 1.09 bits per heavy atom. The molecule has 0 radical (unpaired) electrons. The Morgan fingerprint density at radius 3 is 2.39 bits per heavy atom. The van der Waals surface area contributed by atoms with Crippen molar-refractivity contribution < 1.29 is 9.18 Å². The average molecular weight is 343 g/mol. The minimum atomic E-state index is -0.357. The number of amides is 1. The number of benzene rings is 2. The molecule has 1 saturated heterocycles. The molecule has 1 amide bonds. The van der Waals surface area contributed by atoms with Gasteiger partial charge in [-0.25, -0.2) is 4.39 Å². The monoisotopic (exact) mass is 343 g/mol. The van der Waals surface area contributed by atoms with Crippen molar-refractivity contribution in [1.29, 1.82) is 0 Å². The van der Waals surface area contributed by atoms with Crippen molar-refractivity contribution in [3.63, 3.8) is 0 Å². The van der Waals surface area contributed by atoms with Gasteiger partial charge in [-0.05, 0) is 37.1 Å². The predicted octanol–water partition coefficient (Wildman–Crippen LogP) is 4.85. The number of thioether (sulfide) groups is 1. The van der Waals surface area contributed by atoms with Crippen LogP contribution in [0.2, 0.25) is 0 Å². The smallest absolute Gasteiger partial charge is 0.268 e. The van der Waals surface area contributed by atoms with E-state index >= 15 is 0 Å². The molecular formula is C18H14FNOS2. The van der Waals surface area contributed by atoms with Crippen molar-refractivity contribution >= 4 is 46.0 Å². The molecule has 116 valence electrons. The van der Waals surface area contributed by atoms with Crippen molar-refractivity contribution in [1.82, 2.24) is 0 Å². The number of rotatable bonds is 2. The maximum atomic E-state index is 13.8. The number of carbonyl (C=O) groups is 1. The summed E-state index contributed by atoms with van der Waals surface area (Å²) >= 11 is 6.58. The zero-order valence-electron chi connectivity index (χ0n) is 12.7. The molecule has 0 bridgehead atoms. The summed E-state index contributed by atoms with van der Waals surface area (Å²) in [6.07, 6.45) is 1.56. The van der Waals surface area contributed by atoms with Crippen LogP contribution in [0.3, 0.4) is 0 Å². The largest absolute Gasteiger partial charge is 0.270 e. The number of hydrogen-bond acceptors (Lipinski definition) is 3. The second-order valence-corrected chi connectivity index (χ2v) is 6.95. The fourth-order valence-electron chi connectivity index (χ4n) is 2.55. The maximum absolute atomic E-state index is 13.8. The molecule has 5 heteroatoms. The van der Waals surface area contributed by atoms with Crippen LogP contribution in [0.4, 0.5) is 10.1 Å². The van der Waals surface area contributed by atoms with Gasteiger partial charge in [-0.2, -0.15) is 0 Å². The molecule has 2 nitrogen and oxygen atoms in total. The van der Waals surface area contributed by atoms with Gasteiger partial charge in [0, 0.05) is 5.56 Å². The fraction of sp³-hybridized carbons (Fsp3) is 0.111. The molecule has 0 saturated carbocycles. The zero-order valence-corrected chi connectivity index (χ0v) is 14.3. The van der Waals surface area contributed by atoms with E-state index in [1.807, 2.05) is 32.0 Å². The number of para-hydroxylation sites is 1. The normalized spacial score (nSPS) is 16.5. The van der Waals surface area contributed by atoms with Gasteiger partial charge in [-0.3, -0.25) is 9.69 Å². The van der Waals surface area contributed by atoms with E-state index in [1.54, 1.807) is 24.3 Å². The lowest BCUT2D eigenvalue weighted by Crippen LogP contribution is -2.29. The van der Waals surface area contributed by atoms with Gasteiger partial charge in [0.15, 0.2) is 4.32 Å². The van der Waals surface area contributed by atoms with Gasteiger partial charge in [0.1, 0.15) is 5.82 Å². The van der Waals surface area contributed by atoms with E-state index in [9.17, 15) is 9.18 Å². The highest BCUT2D eigenvalue weighted by Gasteiger charge is 2.34. The quantitative estimate of drug-likeness (QED) is 0.574. The number of hydrogen-bond donors (Lipinski definition) is 0. The molecule has 1 fully saturated rings. The van der Waals surface area contributed by atoms with E-state index < -0.39 is 0 Å². The summed E-state index contributed by atoms with van der Waals surface area (Å²) in [7, 11) is 0. The molecule has 0 aliphatic carbocycles. The molecule has 0 N–H and O–H groups in total. The van der Waals surface area contributed by atoms with Crippen molar-refractivity contribution in [2.24, 2.45) is 0 Å². The van der Waals surface area contributed by atoms with Crippen molar-refractivity contribution in [3.05, 3.63) is 69.9 Å². The summed E-state index contributed by atoms with van der Waals surface area (Å²) in [5, 5.41) is 0. The second-order valence-electron chi connectivity index (χ2n) is 5.28. The third-order valence-corrected chi connectivity index (χ3v) is 4.95. The van der Waals surface area contributed by atoms with E-state index in [0.29, 0.717) is 14.8 Å².